The van der Waals surface area contributed by atoms with Gasteiger partial charge in [0.1, 0.15) is 0 Å². The fourth-order valence-electron chi connectivity index (χ4n) is 2.96. The SMILES string of the molecule is CCC(=O)Nc1cccc(NC(=O)c2ccc(N(C)S(=O)(=O)c3ccc(C)cc3)cc2)c1. The summed E-state index contributed by atoms with van der Waals surface area (Å²) in [6.07, 6.45) is 0.358. The summed E-state index contributed by atoms with van der Waals surface area (Å²) in [5.41, 5.74) is 2.91. The number of sulfonamides is 1. The first-order valence-corrected chi connectivity index (χ1v) is 11.5. The molecule has 0 bridgehead atoms. The molecule has 0 atom stereocenters. The van der Waals surface area contributed by atoms with Gasteiger partial charge in [0.2, 0.25) is 5.91 Å². The van der Waals surface area contributed by atoms with Crippen LogP contribution in [-0.2, 0) is 14.8 Å². The highest BCUT2D eigenvalue weighted by atomic mass is 32.2. The van der Waals surface area contributed by atoms with E-state index in [4.69, 9.17) is 0 Å². The highest BCUT2D eigenvalue weighted by Gasteiger charge is 2.21. The second-order valence-corrected chi connectivity index (χ2v) is 9.24. The van der Waals surface area contributed by atoms with Crippen LogP contribution in [-0.4, -0.2) is 27.3 Å². The summed E-state index contributed by atoms with van der Waals surface area (Å²) in [4.78, 5) is 24.4. The summed E-state index contributed by atoms with van der Waals surface area (Å²) < 4.78 is 26.9. The zero-order valence-corrected chi connectivity index (χ0v) is 18.9. The molecule has 7 nitrogen and oxygen atoms in total. The largest absolute Gasteiger partial charge is 0.326 e. The van der Waals surface area contributed by atoms with Crippen molar-refractivity contribution in [1.29, 1.82) is 0 Å². The van der Waals surface area contributed by atoms with Crippen molar-refractivity contribution < 1.29 is 18.0 Å². The van der Waals surface area contributed by atoms with E-state index in [1.54, 1.807) is 79.7 Å². The maximum Gasteiger partial charge on any atom is 0.264 e. The van der Waals surface area contributed by atoms with Crippen LogP contribution in [0.5, 0.6) is 0 Å². The van der Waals surface area contributed by atoms with Crippen LogP contribution < -0.4 is 14.9 Å². The fraction of sp³-hybridized carbons (Fsp3) is 0.167. The Bertz CT molecular complexity index is 1220. The number of hydrogen-bond donors (Lipinski definition) is 2. The smallest absolute Gasteiger partial charge is 0.264 e. The number of carbonyl (C=O) groups is 2. The zero-order chi connectivity index (χ0) is 23.3. The lowest BCUT2D eigenvalue weighted by molar-refractivity contribution is -0.115. The molecule has 0 aliphatic rings. The summed E-state index contributed by atoms with van der Waals surface area (Å²) in [6.45, 7) is 3.65. The van der Waals surface area contributed by atoms with Gasteiger partial charge in [-0.15, -0.1) is 0 Å². The van der Waals surface area contributed by atoms with E-state index in [1.165, 1.54) is 11.4 Å². The van der Waals surface area contributed by atoms with E-state index in [0.717, 1.165) is 5.56 Å². The second-order valence-electron chi connectivity index (χ2n) is 7.27. The molecule has 0 heterocycles. The van der Waals surface area contributed by atoms with Crippen LogP contribution in [0.4, 0.5) is 17.1 Å². The van der Waals surface area contributed by atoms with E-state index in [-0.39, 0.29) is 16.7 Å². The van der Waals surface area contributed by atoms with E-state index in [1.807, 2.05) is 6.92 Å². The maximum atomic E-state index is 12.9. The van der Waals surface area contributed by atoms with Gasteiger partial charge in [-0.1, -0.05) is 30.7 Å². The Morgan fingerprint density at radius 1 is 0.875 bits per heavy atom. The minimum absolute atomic E-state index is 0.117. The highest BCUT2D eigenvalue weighted by molar-refractivity contribution is 7.92. The van der Waals surface area contributed by atoms with E-state index < -0.39 is 10.0 Å². The van der Waals surface area contributed by atoms with Gasteiger partial charge in [-0.25, -0.2) is 8.42 Å². The molecule has 0 fully saturated rings. The normalized spacial score (nSPS) is 11.0. The first-order valence-electron chi connectivity index (χ1n) is 10.1. The van der Waals surface area contributed by atoms with E-state index in [9.17, 15) is 18.0 Å². The Balaban J connectivity index is 1.72. The molecule has 2 N–H and O–H groups in total. The third-order valence-corrected chi connectivity index (χ3v) is 6.70. The summed E-state index contributed by atoms with van der Waals surface area (Å²) in [5.74, 6) is -0.465. The van der Waals surface area contributed by atoms with Gasteiger partial charge in [0.15, 0.2) is 0 Å². The van der Waals surface area contributed by atoms with Crippen LogP contribution in [0.25, 0.3) is 0 Å². The van der Waals surface area contributed by atoms with Crippen molar-refractivity contribution in [2.24, 2.45) is 0 Å². The first kappa shape index (κ1) is 23.0. The van der Waals surface area contributed by atoms with Crippen LogP contribution in [0.3, 0.4) is 0 Å². The Labute approximate surface area is 188 Å². The predicted octanol–water partition coefficient (Wildman–Crippen LogP) is 4.42. The van der Waals surface area contributed by atoms with Crippen molar-refractivity contribution in [3.8, 4) is 0 Å². The van der Waals surface area contributed by atoms with Crippen LogP contribution in [0, 0.1) is 6.92 Å². The predicted molar refractivity (Wildman–Crippen MR) is 127 cm³/mol. The monoisotopic (exact) mass is 451 g/mol. The highest BCUT2D eigenvalue weighted by Crippen LogP contribution is 2.23. The molecule has 0 aliphatic heterocycles. The molecule has 0 unspecified atom stereocenters. The summed E-state index contributed by atoms with van der Waals surface area (Å²) in [7, 11) is -2.24. The molecule has 0 aromatic heterocycles. The van der Waals surface area contributed by atoms with Gasteiger partial charge in [-0.2, -0.15) is 0 Å². The van der Waals surface area contributed by atoms with Crippen molar-refractivity contribution in [2.75, 3.05) is 22.0 Å². The lowest BCUT2D eigenvalue weighted by Crippen LogP contribution is -2.26. The molecule has 8 heteroatoms. The van der Waals surface area contributed by atoms with Gasteiger partial charge in [-0.05, 0) is 61.5 Å². The van der Waals surface area contributed by atoms with Gasteiger partial charge in [0, 0.05) is 30.4 Å². The average molecular weight is 452 g/mol. The van der Waals surface area contributed by atoms with Crippen LogP contribution in [0.1, 0.15) is 29.3 Å². The lowest BCUT2D eigenvalue weighted by Gasteiger charge is -2.20. The maximum absolute atomic E-state index is 12.9. The molecule has 0 saturated heterocycles. The molecule has 3 aromatic carbocycles. The minimum Gasteiger partial charge on any atom is -0.326 e. The quantitative estimate of drug-likeness (QED) is 0.556. The van der Waals surface area contributed by atoms with Gasteiger partial charge in [0.25, 0.3) is 15.9 Å². The number of aryl methyl sites for hydroxylation is 1. The Hall–Kier alpha value is -3.65. The molecule has 2 amide bonds. The number of hydrogen-bond acceptors (Lipinski definition) is 4. The van der Waals surface area contributed by atoms with Gasteiger partial charge in [-0.3, -0.25) is 13.9 Å². The Morgan fingerprint density at radius 2 is 1.47 bits per heavy atom. The van der Waals surface area contributed by atoms with E-state index in [2.05, 4.69) is 10.6 Å². The summed E-state index contributed by atoms with van der Waals surface area (Å²) in [5, 5.41) is 5.52. The second kappa shape index (κ2) is 9.65. The fourth-order valence-corrected chi connectivity index (χ4v) is 4.15. The van der Waals surface area contributed by atoms with Crippen molar-refractivity contribution in [2.45, 2.75) is 25.2 Å². The van der Waals surface area contributed by atoms with Gasteiger partial charge < -0.3 is 10.6 Å². The van der Waals surface area contributed by atoms with Crippen molar-refractivity contribution >= 4 is 38.9 Å². The number of benzene rings is 3. The molecular weight excluding hydrogens is 426 g/mol. The molecule has 3 rings (SSSR count). The van der Waals surface area contributed by atoms with Gasteiger partial charge >= 0.3 is 0 Å². The topological polar surface area (TPSA) is 95.6 Å². The number of nitrogens with one attached hydrogen (secondary N) is 2. The molecule has 32 heavy (non-hydrogen) atoms. The van der Waals surface area contributed by atoms with Crippen molar-refractivity contribution in [3.05, 3.63) is 83.9 Å². The molecule has 0 aliphatic carbocycles. The number of anilines is 3. The molecular formula is C24H25N3O4S. The standard InChI is InChI=1S/C24H25N3O4S/c1-4-23(28)25-19-6-5-7-20(16-19)26-24(29)18-10-12-21(13-11-18)27(3)32(30,31)22-14-8-17(2)9-15-22/h5-16H,4H2,1-3H3,(H,25,28)(H,26,29). The van der Waals surface area contributed by atoms with Crippen LogP contribution in [0.15, 0.2) is 77.7 Å². The number of rotatable bonds is 7. The summed E-state index contributed by atoms with van der Waals surface area (Å²) in [6, 6.07) is 19.8. The van der Waals surface area contributed by atoms with Crippen molar-refractivity contribution in [3.63, 3.8) is 0 Å². The van der Waals surface area contributed by atoms with Crippen molar-refractivity contribution in [1.82, 2.24) is 0 Å². The van der Waals surface area contributed by atoms with Crippen LogP contribution >= 0.6 is 0 Å². The minimum atomic E-state index is -3.71. The first-order chi connectivity index (χ1) is 15.2. The molecule has 3 aromatic rings. The number of amides is 2. The zero-order valence-electron chi connectivity index (χ0n) is 18.1. The molecule has 0 saturated carbocycles. The molecule has 0 spiro atoms. The Morgan fingerprint density at radius 3 is 2.06 bits per heavy atom. The third kappa shape index (κ3) is 5.33. The number of carbonyl (C=O) groups excluding carboxylic acids is 2. The third-order valence-electron chi connectivity index (χ3n) is 4.90. The summed E-state index contributed by atoms with van der Waals surface area (Å²) >= 11 is 0. The lowest BCUT2D eigenvalue weighted by atomic mass is 10.2. The molecule has 166 valence electrons. The van der Waals surface area contributed by atoms with E-state index in [0.29, 0.717) is 29.0 Å². The number of nitrogens with zero attached hydrogens (tertiary/aromatic N) is 1. The van der Waals surface area contributed by atoms with Crippen LogP contribution in [0.2, 0.25) is 0 Å². The average Bonchev–Trinajstić information content (AvgIpc) is 2.79. The van der Waals surface area contributed by atoms with E-state index >= 15 is 0 Å². The molecule has 0 radical (unpaired) electrons. The Kier molecular flexibility index (Phi) is 6.95. The van der Waals surface area contributed by atoms with Gasteiger partial charge in [0.05, 0.1) is 10.6 Å².